The summed E-state index contributed by atoms with van der Waals surface area (Å²) in [6.07, 6.45) is 16.4. The van der Waals surface area contributed by atoms with E-state index in [1.165, 1.54) is 44.9 Å². The lowest BCUT2D eigenvalue weighted by atomic mass is 10.1. The molecule has 0 radical (unpaired) electrons. The van der Waals surface area contributed by atoms with Gasteiger partial charge in [0.1, 0.15) is 0 Å². The molecule has 4 heteroatoms. The smallest absolute Gasteiger partial charge is 0.224 e. The van der Waals surface area contributed by atoms with Gasteiger partial charge in [0.05, 0.1) is 6.67 Å². The molecule has 0 spiro atoms. The van der Waals surface area contributed by atoms with Crippen LogP contribution in [0.4, 0.5) is 0 Å². The third-order valence-corrected chi connectivity index (χ3v) is 4.27. The fraction of sp³-hybridized carbons (Fsp3) is 0.850. The van der Waals surface area contributed by atoms with Crippen LogP contribution in [0.5, 0.6) is 0 Å². The number of allylic oxidation sites excluding steroid dienone is 1. The Morgan fingerprint density at radius 2 is 1.62 bits per heavy atom. The first kappa shape index (κ1) is 23.1. The van der Waals surface area contributed by atoms with Crippen molar-refractivity contribution in [2.24, 2.45) is 0 Å². The summed E-state index contributed by atoms with van der Waals surface area (Å²) in [5, 5.41) is 11.7. The zero-order valence-corrected chi connectivity index (χ0v) is 16.1. The van der Waals surface area contributed by atoms with Crippen molar-refractivity contribution in [2.75, 3.05) is 26.4 Å². The number of unbranched alkanes of at least 4 members (excludes halogenated alkanes) is 8. The third kappa shape index (κ3) is 16.0. The van der Waals surface area contributed by atoms with Gasteiger partial charge in [-0.3, -0.25) is 9.69 Å². The molecule has 0 heterocycles. The van der Waals surface area contributed by atoms with Crippen molar-refractivity contribution in [3.8, 4) is 0 Å². The first-order chi connectivity index (χ1) is 11.7. The van der Waals surface area contributed by atoms with E-state index in [-0.39, 0.29) is 5.91 Å². The second kappa shape index (κ2) is 18.5. The molecule has 0 aromatic carbocycles. The number of aliphatic hydroxyl groups is 1. The molecule has 4 nitrogen and oxygen atoms in total. The Kier molecular flexibility index (Phi) is 17.8. The molecule has 0 aromatic heterocycles. The molecule has 0 atom stereocenters. The number of hydrogen-bond acceptors (Lipinski definition) is 3. The Labute approximate surface area is 149 Å². The molecule has 0 fully saturated rings. The van der Waals surface area contributed by atoms with Gasteiger partial charge in [0, 0.05) is 13.0 Å². The number of nitrogens with one attached hydrogen (secondary N) is 1. The van der Waals surface area contributed by atoms with E-state index in [1.54, 1.807) is 0 Å². The molecular formula is C20H40N2O2. The summed E-state index contributed by atoms with van der Waals surface area (Å²) in [4.78, 5) is 14.1. The van der Waals surface area contributed by atoms with Crippen LogP contribution in [0.1, 0.15) is 84.5 Å². The van der Waals surface area contributed by atoms with Crippen molar-refractivity contribution >= 4 is 5.91 Å². The van der Waals surface area contributed by atoms with Gasteiger partial charge in [-0.1, -0.05) is 70.9 Å². The van der Waals surface area contributed by atoms with E-state index in [0.29, 0.717) is 19.7 Å². The molecule has 0 aliphatic rings. The highest BCUT2D eigenvalue weighted by Gasteiger charge is 2.04. The van der Waals surface area contributed by atoms with Gasteiger partial charge in [-0.2, -0.15) is 0 Å². The van der Waals surface area contributed by atoms with E-state index in [9.17, 15) is 4.79 Å². The van der Waals surface area contributed by atoms with Crippen molar-refractivity contribution in [3.63, 3.8) is 0 Å². The summed E-state index contributed by atoms with van der Waals surface area (Å²) in [5.74, 6) is 0.116. The topological polar surface area (TPSA) is 52.6 Å². The van der Waals surface area contributed by atoms with Gasteiger partial charge < -0.3 is 10.4 Å². The monoisotopic (exact) mass is 340 g/mol. The minimum Gasteiger partial charge on any atom is -0.396 e. The van der Waals surface area contributed by atoms with Gasteiger partial charge >= 0.3 is 0 Å². The summed E-state index contributed by atoms with van der Waals surface area (Å²) in [5.41, 5.74) is 0. The normalized spacial score (nSPS) is 11.5. The summed E-state index contributed by atoms with van der Waals surface area (Å²) in [7, 11) is 0. The van der Waals surface area contributed by atoms with Crippen LogP contribution in [0.2, 0.25) is 0 Å². The molecule has 2 N–H and O–H groups in total. The molecule has 0 saturated heterocycles. The van der Waals surface area contributed by atoms with E-state index in [1.807, 2.05) is 6.08 Å². The highest BCUT2D eigenvalue weighted by Crippen LogP contribution is 2.07. The highest BCUT2D eigenvalue weighted by atomic mass is 16.2. The molecule has 0 aliphatic carbocycles. The first-order valence-electron chi connectivity index (χ1n) is 9.99. The largest absolute Gasteiger partial charge is 0.396 e. The second-order valence-electron chi connectivity index (χ2n) is 6.48. The lowest BCUT2D eigenvalue weighted by Crippen LogP contribution is -2.37. The van der Waals surface area contributed by atoms with E-state index >= 15 is 0 Å². The first-order valence-corrected chi connectivity index (χ1v) is 9.99. The van der Waals surface area contributed by atoms with Crippen LogP contribution < -0.4 is 5.32 Å². The standard InChI is InChI=1S/C20H40N2O2/c1-3-5-6-10-13-16-20(24)21-19-22(4-2)17-14-11-8-7-9-12-15-18-23/h10,13,23H,3-9,11-12,14-19H2,1-2H3,(H,21,24)/b13-10+. The molecule has 0 aromatic rings. The van der Waals surface area contributed by atoms with Gasteiger partial charge in [0.2, 0.25) is 5.91 Å². The molecule has 0 saturated carbocycles. The molecule has 24 heavy (non-hydrogen) atoms. The van der Waals surface area contributed by atoms with Crippen molar-refractivity contribution < 1.29 is 9.90 Å². The SMILES string of the molecule is CCCC/C=C/CC(=O)NCN(CC)CCCCCCCCCO. The van der Waals surface area contributed by atoms with Crippen LogP contribution >= 0.6 is 0 Å². The van der Waals surface area contributed by atoms with Crippen LogP contribution in [0.15, 0.2) is 12.2 Å². The van der Waals surface area contributed by atoms with Gasteiger partial charge in [-0.25, -0.2) is 0 Å². The summed E-state index contributed by atoms with van der Waals surface area (Å²) in [6.45, 7) is 7.34. The highest BCUT2D eigenvalue weighted by molar-refractivity contribution is 5.77. The minimum atomic E-state index is 0.116. The van der Waals surface area contributed by atoms with Gasteiger partial charge in [-0.15, -0.1) is 0 Å². The lowest BCUT2D eigenvalue weighted by Gasteiger charge is -2.20. The molecule has 0 aliphatic heterocycles. The minimum absolute atomic E-state index is 0.116. The Balaban J connectivity index is 3.57. The van der Waals surface area contributed by atoms with Crippen LogP contribution in [-0.4, -0.2) is 42.3 Å². The second-order valence-corrected chi connectivity index (χ2v) is 6.48. The van der Waals surface area contributed by atoms with E-state index in [4.69, 9.17) is 5.11 Å². The zero-order valence-electron chi connectivity index (χ0n) is 16.1. The van der Waals surface area contributed by atoms with Gasteiger partial charge in [0.15, 0.2) is 0 Å². The molecule has 142 valence electrons. The Hall–Kier alpha value is -0.870. The van der Waals surface area contributed by atoms with Crippen molar-refractivity contribution in [2.45, 2.75) is 84.5 Å². The summed E-state index contributed by atoms with van der Waals surface area (Å²) in [6, 6.07) is 0. The van der Waals surface area contributed by atoms with E-state index in [0.717, 1.165) is 32.4 Å². The van der Waals surface area contributed by atoms with E-state index < -0.39 is 0 Å². The molecule has 0 rings (SSSR count). The number of hydrogen-bond donors (Lipinski definition) is 2. The molecule has 0 bridgehead atoms. The third-order valence-electron chi connectivity index (χ3n) is 4.27. The van der Waals surface area contributed by atoms with Gasteiger partial charge in [-0.05, 0) is 32.4 Å². The Morgan fingerprint density at radius 3 is 2.25 bits per heavy atom. The van der Waals surface area contributed by atoms with Crippen LogP contribution in [0, 0.1) is 0 Å². The predicted octanol–water partition coefficient (Wildman–Crippen LogP) is 4.24. The fourth-order valence-corrected chi connectivity index (χ4v) is 2.58. The van der Waals surface area contributed by atoms with Crippen molar-refractivity contribution in [1.82, 2.24) is 10.2 Å². The summed E-state index contributed by atoms with van der Waals surface area (Å²) >= 11 is 0. The molecule has 0 unspecified atom stereocenters. The fourth-order valence-electron chi connectivity index (χ4n) is 2.58. The lowest BCUT2D eigenvalue weighted by molar-refractivity contribution is -0.120. The number of aliphatic hydroxyl groups excluding tert-OH is 1. The maximum absolute atomic E-state index is 11.8. The zero-order chi connectivity index (χ0) is 17.9. The average Bonchev–Trinajstić information content (AvgIpc) is 2.59. The predicted molar refractivity (Wildman–Crippen MR) is 103 cm³/mol. The van der Waals surface area contributed by atoms with Crippen molar-refractivity contribution in [1.29, 1.82) is 0 Å². The molecular weight excluding hydrogens is 300 g/mol. The number of carbonyl (C=O) groups is 1. The number of nitrogens with zero attached hydrogens (tertiary/aromatic N) is 1. The quantitative estimate of drug-likeness (QED) is 0.236. The van der Waals surface area contributed by atoms with Crippen LogP contribution in [-0.2, 0) is 4.79 Å². The summed E-state index contributed by atoms with van der Waals surface area (Å²) < 4.78 is 0. The maximum Gasteiger partial charge on any atom is 0.224 e. The van der Waals surface area contributed by atoms with Crippen LogP contribution in [0.25, 0.3) is 0 Å². The number of amides is 1. The van der Waals surface area contributed by atoms with Crippen molar-refractivity contribution in [3.05, 3.63) is 12.2 Å². The number of rotatable bonds is 17. The van der Waals surface area contributed by atoms with E-state index in [2.05, 4.69) is 30.1 Å². The average molecular weight is 341 g/mol. The van der Waals surface area contributed by atoms with Crippen LogP contribution in [0.3, 0.4) is 0 Å². The maximum atomic E-state index is 11.8. The number of carbonyl (C=O) groups excluding carboxylic acids is 1. The Morgan fingerprint density at radius 1 is 0.958 bits per heavy atom. The molecule has 1 amide bonds. The van der Waals surface area contributed by atoms with Gasteiger partial charge in [0.25, 0.3) is 0 Å². The Bertz CT molecular complexity index is 306.